The zero-order valence-corrected chi connectivity index (χ0v) is 10.7. The predicted molar refractivity (Wildman–Crippen MR) is 72.6 cm³/mol. The molecule has 0 atom stereocenters. The molecule has 0 bridgehead atoms. The Morgan fingerprint density at radius 1 is 1.00 bits per heavy atom. The Morgan fingerprint density at radius 3 is 2.32 bits per heavy atom. The van der Waals surface area contributed by atoms with Gasteiger partial charge in [-0.15, -0.1) is 0 Å². The van der Waals surface area contributed by atoms with Gasteiger partial charge in [-0.1, -0.05) is 12.1 Å². The van der Waals surface area contributed by atoms with E-state index >= 15 is 0 Å². The molecule has 1 aromatic carbocycles. The molecule has 0 aliphatic heterocycles. The van der Waals surface area contributed by atoms with Crippen LogP contribution in [-0.2, 0) is 0 Å². The standard InChI is InChI=1S/C13H14BNO4/c1-18-10-6-4-3-5-9(10)13-12(14(16)17)11(19-2)7-8-15-13/h3-8,16-17H,1-2H3. The molecule has 19 heavy (non-hydrogen) atoms. The number of methoxy groups -OCH3 is 2. The molecule has 1 heterocycles. The summed E-state index contributed by atoms with van der Waals surface area (Å²) in [4.78, 5) is 4.21. The monoisotopic (exact) mass is 259 g/mol. The van der Waals surface area contributed by atoms with Gasteiger partial charge in [0.1, 0.15) is 11.5 Å². The molecule has 0 saturated heterocycles. The van der Waals surface area contributed by atoms with Crippen molar-refractivity contribution in [2.75, 3.05) is 14.2 Å². The summed E-state index contributed by atoms with van der Waals surface area (Å²) >= 11 is 0. The van der Waals surface area contributed by atoms with Gasteiger partial charge in [0.2, 0.25) is 0 Å². The van der Waals surface area contributed by atoms with Crippen molar-refractivity contribution in [2.24, 2.45) is 0 Å². The molecule has 98 valence electrons. The second-order valence-electron chi connectivity index (χ2n) is 3.85. The van der Waals surface area contributed by atoms with Gasteiger partial charge in [0.25, 0.3) is 0 Å². The number of pyridine rings is 1. The average molecular weight is 259 g/mol. The van der Waals surface area contributed by atoms with Crippen LogP contribution in [0.3, 0.4) is 0 Å². The number of rotatable bonds is 4. The molecule has 1 aromatic heterocycles. The largest absolute Gasteiger partial charge is 0.497 e. The second kappa shape index (κ2) is 5.73. The Bertz CT molecular complexity index is 574. The van der Waals surface area contributed by atoms with Gasteiger partial charge in [0, 0.05) is 11.8 Å². The van der Waals surface area contributed by atoms with Crippen molar-refractivity contribution in [1.82, 2.24) is 4.98 Å². The van der Waals surface area contributed by atoms with E-state index in [1.54, 1.807) is 31.5 Å². The van der Waals surface area contributed by atoms with E-state index in [9.17, 15) is 10.0 Å². The first kappa shape index (κ1) is 13.4. The van der Waals surface area contributed by atoms with Gasteiger partial charge in [0.15, 0.2) is 0 Å². The third kappa shape index (κ3) is 2.54. The highest BCUT2D eigenvalue weighted by Gasteiger charge is 2.24. The first-order valence-corrected chi connectivity index (χ1v) is 5.71. The summed E-state index contributed by atoms with van der Waals surface area (Å²) in [6, 6.07) is 8.81. The molecule has 0 radical (unpaired) electrons. The van der Waals surface area contributed by atoms with Gasteiger partial charge in [0.05, 0.1) is 25.4 Å². The molecule has 0 spiro atoms. The summed E-state index contributed by atoms with van der Waals surface area (Å²) in [7, 11) is 1.34. The van der Waals surface area contributed by atoms with Crippen LogP contribution < -0.4 is 14.9 Å². The summed E-state index contributed by atoms with van der Waals surface area (Å²) < 4.78 is 10.4. The Labute approximate surface area is 111 Å². The Morgan fingerprint density at radius 2 is 1.68 bits per heavy atom. The first-order chi connectivity index (χ1) is 9.19. The maximum atomic E-state index is 9.54. The fraction of sp³-hybridized carbons (Fsp3) is 0.154. The van der Waals surface area contributed by atoms with Crippen molar-refractivity contribution in [3.63, 3.8) is 0 Å². The summed E-state index contributed by atoms with van der Waals surface area (Å²) in [5, 5.41) is 19.1. The molecule has 5 nitrogen and oxygen atoms in total. The number of para-hydroxylation sites is 1. The highest BCUT2D eigenvalue weighted by molar-refractivity contribution is 6.61. The Hall–Kier alpha value is -2.05. The van der Waals surface area contributed by atoms with Crippen LogP contribution in [0.4, 0.5) is 0 Å². The van der Waals surface area contributed by atoms with Crippen LogP contribution in [0, 0.1) is 0 Å². The van der Waals surface area contributed by atoms with Gasteiger partial charge in [-0.05, 0) is 18.2 Å². The van der Waals surface area contributed by atoms with Gasteiger partial charge in [-0.25, -0.2) is 0 Å². The quantitative estimate of drug-likeness (QED) is 0.780. The maximum Gasteiger partial charge on any atom is 0.494 e. The Kier molecular flexibility index (Phi) is 4.04. The molecule has 0 amide bonds. The van der Waals surface area contributed by atoms with E-state index in [0.717, 1.165) is 0 Å². The summed E-state index contributed by atoms with van der Waals surface area (Å²) in [6.07, 6.45) is 1.55. The fourth-order valence-corrected chi connectivity index (χ4v) is 1.94. The molecule has 2 aromatic rings. The molecular weight excluding hydrogens is 245 g/mol. The van der Waals surface area contributed by atoms with Crippen molar-refractivity contribution >= 4 is 12.6 Å². The molecule has 0 saturated carbocycles. The zero-order valence-electron chi connectivity index (χ0n) is 10.7. The molecule has 2 N–H and O–H groups in total. The smallest absolute Gasteiger partial charge is 0.494 e. The van der Waals surface area contributed by atoms with Crippen LogP contribution >= 0.6 is 0 Å². The van der Waals surface area contributed by atoms with E-state index in [2.05, 4.69) is 4.98 Å². The lowest BCUT2D eigenvalue weighted by Gasteiger charge is -2.14. The van der Waals surface area contributed by atoms with E-state index in [1.807, 2.05) is 12.1 Å². The van der Waals surface area contributed by atoms with Crippen molar-refractivity contribution in [1.29, 1.82) is 0 Å². The molecule has 6 heteroatoms. The zero-order chi connectivity index (χ0) is 13.8. The number of aromatic nitrogens is 1. The van der Waals surface area contributed by atoms with Gasteiger partial charge in [-0.2, -0.15) is 0 Å². The van der Waals surface area contributed by atoms with Crippen molar-refractivity contribution in [3.05, 3.63) is 36.5 Å². The van der Waals surface area contributed by atoms with E-state index in [-0.39, 0.29) is 5.46 Å². The molecule has 0 unspecified atom stereocenters. The van der Waals surface area contributed by atoms with Crippen LogP contribution in [0.1, 0.15) is 0 Å². The Balaban J connectivity index is 2.68. The molecule has 0 aliphatic rings. The number of hydrogen-bond donors (Lipinski definition) is 2. The van der Waals surface area contributed by atoms with Crippen molar-refractivity contribution in [2.45, 2.75) is 0 Å². The van der Waals surface area contributed by atoms with Gasteiger partial charge < -0.3 is 19.5 Å². The van der Waals surface area contributed by atoms with Crippen LogP contribution in [0.15, 0.2) is 36.5 Å². The van der Waals surface area contributed by atoms with Crippen LogP contribution in [0.25, 0.3) is 11.3 Å². The topological polar surface area (TPSA) is 71.8 Å². The maximum absolute atomic E-state index is 9.54. The average Bonchev–Trinajstić information content (AvgIpc) is 2.46. The summed E-state index contributed by atoms with van der Waals surface area (Å²) in [5.41, 5.74) is 1.31. The minimum Gasteiger partial charge on any atom is -0.497 e. The van der Waals surface area contributed by atoms with E-state index < -0.39 is 7.12 Å². The highest BCUT2D eigenvalue weighted by Crippen LogP contribution is 2.28. The van der Waals surface area contributed by atoms with E-state index in [4.69, 9.17) is 9.47 Å². The van der Waals surface area contributed by atoms with Crippen LogP contribution in [0.5, 0.6) is 11.5 Å². The summed E-state index contributed by atoms with van der Waals surface area (Å²) in [6.45, 7) is 0. The third-order valence-corrected chi connectivity index (χ3v) is 2.79. The van der Waals surface area contributed by atoms with Crippen LogP contribution in [-0.4, -0.2) is 36.4 Å². The minimum atomic E-state index is -1.68. The highest BCUT2D eigenvalue weighted by atomic mass is 16.5. The molecule has 0 aliphatic carbocycles. The number of ether oxygens (including phenoxy) is 2. The molecular formula is C13H14BNO4. The fourth-order valence-electron chi connectivity index (χ4n) is 1.94. The number of benzene rings is 1. The van der Waals surface area contributed by atoms with Crippen LogP contribution in [0.2, 0.25) is 0 Å². The van der Waals surface area contributed by atoms with Gasteiger partial charge in [-0.3, -0.25) is 4.98 Å². The molecule has 2 rings (SSSR count). The first-order valence-electron chi connectivity index (χ1n) is 5.71. The van der Waals surface area contributed by atoms with E-state index in [0.29, 0.717) is 22.8 Å². The van der Waals surface area contributed by atoms with Crippen molar-refractivity contribution < 1.29 is 19.5 Å². The molecule has 0 fully saturated rings. The second-order valence-corrected chi connectivity index (χ2v) is 3.85. The number of nitrogens with zero attached hydrogens (tertiary/aromatic N) is 1. The third-order valence-electron chi connectivity index (χ3n) is 2.79. The summed E-state index contributed by atoms with van der Waals surface area (Å²) in [5.74, 6) is 0.969. The lowest BCUT2D eigenvalue weighted by molar-refractivity contribution is 0.402. The van der Waals surface area contributed by atoms with Gasteiger partial charge >= 0.3 is 7.12 Å². The SMILES string of the molecule is COc1ccccc1-c1nccc(OC)c1B(O)O. The van der Waals surface area contributed by atoms with Crippen molar-refractivity contribution in [3.8, 4) is 22.8 Å². The predicted octanol–water partition coefficient (Wildman–Crippen LogP) is 0.446. The number of hydrogen-bond acceptors (Lipinski definition) is 5. The minimum absolute atomic E-state index is 0.217. The lowest BCUT2D eigenvalue weighted by atomic mass is 9.76. The van der Waals surface area contributed by atoms with E-state index in [1.165, 1.54) is 7.11 Å². The normalized spacial score (nSPS) is 10.1. The lowest BCUT2D eigenvalue weighted by Crippen LogP contribution is -2.33.